The molecule has 4 heteroatoms. The second kappa shape index (κ2) is 5.14. The molecule has 0 spiro atoms. The van der Waals surface area contributed by atoms with Gasteiger partial charge in [-0.25, -0.2) is 4.68 Å². The van der Waals surface area contributed by atoms with E-state index in [4.69, 9.17) is 11.6 Å². The zero-order valence-electron chi connectivity index (χ0n) is 9.15. The summed E-state index contributed by atoms with van der Waals surface area (Å²) >= 11 is 5.82. The van der Waals surface area contributed by atoms with E-state index in [1.165, 1.54) is 5.56 Å². The molecule has 0 radical (unpaired) electrons. The fraction of sp³-hybridized carbons (Fsp3) is 0.250. The van der Waals surface area contributed by atoms with Crippen LogP contribution in [-0.4, -0.2) is 16.3 Å². The largest absolute Gasteiger partial charge is 0.313 e. The molecule has 3 nitrogen and oxygen atoms in total. The predicted molar refractivity (Wildman–Crippen MR) is 66.0 cm³/mol. The lowest BCUT2D eigenvalue weighted by atomic mass is 10.2. The minimum atomic E-state index is 0.650. The van der Waals surface area contributed by atoms with Gasteiger partial charge < -0.3 is 5.32 Å². The zero-order chi connectivity index (χ0) is 11.4. The van der Waals surface area contributed by atoms with E-state index in [1.807, 2.05) is 12.1 Å². The summed E-state index contributed by atoms with van der Waals surface area (Å²) in [4.78, 5) is 0. The highest BCUT2D eigenvalue weighted by atomic mass is 35.5. The normalized spacial score (nSPS) is 10.6. The van der Waals surface area contributed by atoms with Crippen molar-refractivity contribution in [3.63, 3.8) is 0 Å². The minimum Gasteiger partial charge on any atom is -0.313 e. The van der Waals surface area contributed by atoms with Crippen LogP contribution in [-0.2, 0) is 6.54 Å². The fourth-order valence-corrected chi connectivity index (χ4v) is 1.61. The Morgan fingerprint density at radius 2 is 2.06 bits per heavy atom. The first-order chi connectivity index (χ1) is 7.79. The standard InChI is InChI=1S/C12H14ClN3/c1-2-14-7-10-3-5-12(6-4-10)16-9-11(13)8-15-16/h3-6,8-9,14H,2,7H2,1H3. The fourth-order valence-electron chi connectivity index (χ4n) is 1.48. The highest BCUT2D eigenvalue weighted by molar-refractivity contribution is 6.30. The van der Waals surface area contributed by atoms with Crippen LogP contribution in [0.4, 0.5) is 0 Å². The van der Waals surface area contributed by atoms with Gasteiger partial charge in [-0.3, -0.25) is 0 Å². The summed E-state index contributed by atoms with van der Waals surface area (Å²) in [5, 5.41) is 8.08. The summed E-state index contributed by atoms with van der Waals surface area (Å²) in [6, 6.07) is 8.26. The van der Waals surface area contributed by atoms with E-state index in [2.05, 4.69) is 29.5 Å². The van der Waals surface area contributed by atoms with Gasteiger partial charge in [0.2, 0.25) is 0 Å². The van der Waals surface area contributed by atoms with E-state index in [0.29, 0.717) is 5.02 Å². The Balaban J connectivity index is 2.13. The molecule has 1 aromatic heterocycles. The minimum absolute atomic E-state index is 0.650. The lowest BCUT2D eigenvalue weighted by Gasteiger charge is -2.04. The quantitative estimate of drug-likeness (QED) is 0.883. The molecular formula is C12H14ClN3. The van der Waals surface area contributed by atoms with Gasteiger partial charge in [0.25, 0.3) is 0 Å². The average Bonchev–Trinajstić information content (AvgIpc) is 2.74. The van der Waals surface area contributed by atoms with Gasteiger partial charge >= 0.3 is 0 Å². The highest BCUT2D eigenvalue weighted by Crippen LogP contribution is 2.12. The number of aromatic nitrogens is 2. The average molecular weight is 236 g/mol. The summed E-state index contributed by atoms with van der Waals surface area (Å²) in [6.45, 7) is 3.98. The maximum absolute atomic E-state index is 5.82. The van der Waals surface area contributed by atoms with Crippen molar-refractivity contribution in [1.82, 2.24) is 15.1 Å². The van der Waals surface area contributed by atoms with Crippen LogP contribution in [0.3, 0.4) is 0 Å². The number of rotatable bonds is 4. The van der Waals surface area contributed by atoms with Gasteiger partial charge in [-0.2, -0.15) is 5.10 Å². The first-order valence-electron chi connectivity index (χ1n) is 5.30. The molecule has 0 aliphatic heterocycles. The third-order valence-corrected chi connectivity index (χ3v) is 2.53. The molecular weight excluding hydrogens is 222 g/mol. The van der Waals surface area contributed by atoms with Gasteiger partial charge in [0, 0.05) is 12.7 Å². The lowest BCUT2D eigenvalue weighted by Crippen LogP contribution is -2.11. The maximum atomic E-state index is 5.82. The number of nitrogens with one attached hydrogen (secondary N) is 1. The van der Waals surface area contributed by atoms with Crippen molar-refractivity contribution in [2.24, 2.45) is 0 Å². The molecule has 84 valence electrons. The SMILES string of the molecule is CCNCc1ccc(-n2cc(Cl)cn2)cc1. The summed E-state index contributed by atoms with van der Waals surface area (Å²) in [6.07, 6.45) is 3.43. The number of halogens is 1. The molecule has 16 heavy (non-hydrogen) atoms. The molecule has 0 bridgehead atoms. The van der Waals surface area contributed by atoms with Crippen molar-refractivity contribution in [2.45, 2.75) is 13.5 Å². The van der Waals surface area contributed by atoms with Gasteiger partial charge in [-0.05, 0) is 24.2 Å². The number of nitrogens with zero attached hydrogens (tertiary/aromatic N) is 2. The first kappa shape index (κ1) is 11.2. The van der Waals surface area contributed by atoms with Crippen molar-refractivity contribution >= 4 is 11.6 Å². The van der Waals surface area contributed by atoms with E-state index in [0.717, 1.165) is 18.8 Å². The Morgan fingerprint density at radius 3 is 2.62 bits per heavy atom. The Hall–Kier alpha value is -1.32. The van der Waals surface area contributed by atoms with Crippen LogP contribution in [0.2, 0.25) is 5.02 Å². The monoisotopic (exact) mass is 235 g/mol. The van der Waals surface area contributed by atoms with Crippen LogP contribution in [0.25, 0.3) is 5.69 Å². The van der Waals surface area contributed by atoms with Crippen LogP contribution in [0.1, 0.15) is 12.5 Å². The number of benzene rings is 1. The smallest absolute Gasteiger partial charge is 0.0790 e. The van der Waals surface area contributed by atoms with E-state index in [9.17, 15) is 0 Å². The van der Waals surface area contributed by atoms with Crippen molar-refractivity contribution < 1.29 is 0 Å². The Labute approximate surface area is 100 Å². The van der Waals surface area contributed by atoms with E-state index >= 15 is 0 Å². The lowest BCUT2D eigenvalue weighted by molar-refractivity contribution is 0.726. The summed E-state index contributed by atoms with van der Waals surface area (Å²) in [7, 11) is 0. The van der Waals surface area contributed by atoms with Crippen molar-refractivity contribution in [2.75, 3.05) is 6.54 Å². The van der Waals surface area contributed by atoms with Gasteiger partial charge in [-0.1, -0.05) is 30.7 Å². The molecule has 0 unspecified atom stereocenters. The molecule has 0 saturated carbocycles. The van der Waals surface area contributed by atoms with Crippen LogP contribution < -0.4 is 5.32 Å². The van der Waals surface area contributed by atoms with Gasteiger partial charge in [0.05, 0.1) is 16.9 Å². The Bertz CT molecular complexity index is 448. The molecule has 1 heterocycles. The van der Waals surface area contributed by atoms with Crippen LogP contribution in [0, 0.1) is 0 Å². The molecule has 0 atom stereocenters. The summed E-state index contributed by atoms with van der Waals surface area (Å²) in [5.41, 5.74) is 2.29. The number of hydrogen-bond donors (Lipinski definition) is 1. The molecule has 0 saturated heterocycles. The molecule has 0 aliphatic carbocycles. The van der Waals surface area contributed by atoms with Crippen molar-refractivity contribution in [3.05, 3.63) is 47.2 Å². The molecule has 1 aromatic carbocycles. The molecule has 2 aromatic rings. The van der Waals surface area contributed by atoms with Gasteiger partial charge in [0.1, 0.15) is 0 Å². The summed E-state index contributed by atoms with van der Waals surface area (Å²) in [5.74, 6) is 0. The van der Waals surface area contributed by atoms with E-state index < -0.39 is 0 Å². The second-order valence-electron chi connectivity index (χ2n) is 3.55. The van der Waals surface area contributed by atoms with Gasteiger partial charge in [-0.15, -0.1) is 0 Å². The maximum Gasteiger partial charge on any atom is 0.0790 e. The van der Waals surface area contributed by atoms with Crippen molar-refractivity contribution in [3.8, 4) is 5.69 Å². The highest BCUT2D eigenvalue weighted by Gasteiger charge is 1.99. The topological polar surface area (TPSA) is 29.9 Å². The predicted octanol–water partition coefficient (Wildman–Crippen LogP) is 2.64. The third kappa shape index (κ3) is 2.62. The second-order valence-corrected chi connectivity index (χ2v) is 3.99. The van der Waals surface area contributed by atoms with E-state index in [-0.39, 0.29) is 0 Å². The Morgan fingerprint density at radius 1 is 1.31 bits per heavy atom. The van der Waals surface area contributed by atoms with Crippen LogP contribution >= 0.6 is 11.6 Å². The Kier molecular flexibility index (Phi) is 3.59. The van der Waals surface area contributed by atoms with Crippen LogP contribution in [0.15, 0.2) is 36.7 Å². The molecule has 1 N–H and O–H groups in total. The molecule has 2 rings (SSSR count). The first-order valence-corrected chi connectivity index (χ1v) is 5.67. The zero-order valence-corrected chi connectivity index (χ0v) is 9.91. The number of hydrogen-bond acceptors (Lipinski definition) is 2. The van der Waals surface area contributed by atoms with Gasteiger partial charge in [0.15, 0.2) is 0 Å². The molecule has 0 amide bonds. The molecule has 0 fully saturated rings. The molecule has 0 aliphatic rings. The van der Waals surface area contributed by atoms with Crippen molar-refractivity contribution in [1.29, 1.82) is 0 Å². The van der Waals surface area contributed by atoms with E-state index in [1.54, 1.807) is 17.1 Å². The van der Waals surface area contributed by atoms with Crippen LogP contribution in [0.5, 0.6) is 0 Å². The summed E-state index contributed by atoms with van der Waals surface area (Å²) < 4.78 is 1.76. The third-order valence-electron chi connectivity index (χ3n) is 2.33.